The van der Waals surface area contributed by atoms with Gasteiger partial charge in [0.05, 0.1) is 23.9 Å². The molecule has 0 aliphatic rings. The van der Waals surface area contributed by atoms with Crippen LogP contribution < -0.4 is 15.2 Å². The number of ether oxygens (including phenoxy) is 1. The molecule has 0 unspecified atom stereocenters. The number of aliphatic carboxylic acids is 1. The summed E-state index contributed by atoms with van der Waals surface area (Å²) in [7, 11) is 0. The fraction of sp³-hybridized carbons (Fsp3) is 0.250. The maximum absolute atomic E-state index is 11.6. The number of rotatable bonds is 9. The molecule has 3 rings (SSSR count). The lowest BCUT2D eigenvalue weighted by molar-refractivity contribution is -0.305. The second-order valence-corrected chi connectivity index (χ2v) is 6.30. The van der Waals surface area contributed by atoms with Crippen LogP contribution in [-0.2, 0) is 16.1 Å². The Kier molecular flexibility index (Phi) is 6.23. The number of hydrogen-bond acceptors (Lipinski definition) is 6. The number of nitrogens with one attached hydrogen (secondary N) is 1. The van der Waals surface area contributed by atoms with Crippen LogP contribution in [0.25, 0.3) is 11.0 Å². The molecular weight excluding hydrogens is 362 g/mol. The highest BCUT2D eigenvalue weighted by molar-refractivity contribution is 5.92. The third-order valence-electron chi connectivity index (χ3n) is 4.07. The minimum Gasteiger partial charge on any atom is -0.550 e. The number of carbonyl (C=O) groups excluding carboxylic acids is 2. The van der Waals surface area contributed by atoms with Crippen LogP contribution >= 0.6 is 0 Å². The average Bonchev–Trinajstić information content (AvgIpc) is 3.09. The van der Waals surface area contributed by atoms with Gasteiger partial charge in [0.15, 0.2) is 0 Å². The number of aromatic nitrogens is 2. The molecule has 0 aliphatic heterocycles. The third kappa shape index (κ3) is 5.31. The number of anilines is 1. The van der Waals surface area contributed by atoms with Gasteiger partial charge in [0.2, 0.25) is 5.91 Å². The number of benzene rings is 2. The van der Waals surface area contributed by atoms with Crippen LogP contribution in [0, 0.1) is 0 Å². The molecular formula is C20H20N3O5-. The first-order chi connectivity index (χ1) is 13.5. The summed E-state index contributed by atoms with van der Waals surface area (Å²) < 4.78 is 7.45. The summed E-state index contributed by atoms with van der Waals surface area (Å²) in [4.78, 5) is 26.2. The van der Waals surface area contributed by atoms with Crippen molar-refractivity contribution in [3.05, 3.63) is 54.9 Å². The number of aliphatic hydroxyl groups excluding tert-OH is 1. The molecule has 0 saturated heterocycles. The van der Waals surface area contributed by atoms with Gasteiger partial charge in [-0.3, -0.25) is 4.79 Å². The van der Waals surface area contributed by atoms with E-state index in [-0.39, 0.29) is 19.4 Å². The number of imidazole rings is 1. The minimum atomic E-state index is -1.26. The van der Waals surface area contributed by atoms with Crippen molar-refractivity contribution in [1.82, 2.24) is 9.55 Å². The second kappa shape index (κ2) is 9.01. The monoisotopic (exact) mass is 382 g/mol. The molecule has 0 bridgehead atoms. The number of carboxylic acid groups (broad SMARTS) is 1. The predicted molar refractivity (Wildman–Crippen MR) is 101 cm³/mol. The number of para-hydroxylation sites is 2. The highest BCUT2D eigenvalue weighted by atomic mass is 16.5. The Balaban J connectivity index is 1.47. The molecule has 28 heavy (non-hydrogen) atoms. The van der Waals surface area contributed by atoms with Gasteiger partial charge in [0, 0.05) is 18.1 Å². The summed E-state index contributed by atoms with van der Waals surface area (Å²) in [6.07, 6.45) is 0.500. The van der Waals surface area contributed by atoms with Crippen molar-refractivity contribution < 1.29 is 24.5 Å². The Morgan fingerprint density at radius 1 is 1.14 bits per heavy atom. The zero-order valence-electron chi connectivity index (χ0n) is 15.1. The fourth-order valence-electron chi connectivity index (χ4n) is 2.70. The van der Waals surface area contributed by atoms with Crippen molar-refractivity contribution in [2.75, 3.05) is 11.9 Å². The molecule has 8 heteroatoms. The van der Waals surface area contributed by atoms with Gasteiger partial charge in [0.1, 0.15) is 18.5 Å². The van der Waals surface area contributed by atoms with E-state index in [0.717, 1.165) is 11.0 Å². The number of fused-ring (bicyclic) bond motifs is 1. The minimum absolute atomic E-state index is 0.101. The van der Waals surface area contributed by atoms with Crippen LogP contribution in [0.1, 0.15) is 12.8 Å². The van der Waals surface area contributed by atoms with E-state index in [0.29, 0.717) is 18.0 Å². The number of nitrogens with zero attached hydrogens (tertiary/aromatic N) is 2. The molecule has 1 aromatic heterocycles. The molecule has 0 radical (unpaired) electrons. The molecule has 146 valence electrons. The summed E-state index contributed by atoms with van der Waals surface area (Å²) in [6, 6.07) is 14.3. The standard InChI is InChI=1S/C20H21N3O5/c24-15(11-23-13-21-17-3-1-2-4-18(17)23)12-28-16-7-5-14(6-8-16)22-19(25)9-10-20(26)27/h1-8,13,15,24H,9-12H2,(H,22,25)(H,26,27)/p-1/t15-/m0/s1. The molecule has 2 N–H and O–H groups in total. The quantitative estimate of drug-likeness (QED) is 0.569. The van der Waals surface area contributed by atoms with Crippen LogP contribution in [0.4, 0.5) is 5.69 Å². The molecule has 2 aromatic carbocycles. The zero-order valence-corrected chi connectivity index (χ0v) is 15.1. The maximum Gasteiger partial charge on any atom is 0.224 e. The predicted octanol–water partition coefficient (Wildman–Crippen LogP) is 0.945. The highest BCUT2D eigenvalue weighted by Crippen LogP contribution is 2.17. The molecule has 0 aliphatic carbocycles. The van der Waals surface area contributed by atoms with E-state index in [1.54, 1.807) is 30.6 Å². The molecule has 1 amide bonds. The summed E-state index contributed by atoms with van der Waals surface area (Å²) in [5.74, 6) is -1.12. The van der Waals surface area contributed by atoms with E-state index in [2.05, 4.69) is 10.3 Å². The Morgan fingerprint density at radius 3 is 2.64 bits per heavy atom. The number of aliphatic hydroxyl groups is 1. The van der Waals surface area contributed by atoms with Crippen molar-refractivity contribution in [2.45, 2.75) is 25.5 Å². The lowest BCUT2D eigenvalue weighted by Crippen LogP contribution is -2.24. The summed E-state index contributed by atoms with van der Waals surface area (Å²) in [5.41, 5.74) is 2.34. The van der Waals surface area contributed by atoms with Crippen molar-refractivity contribution in [2.24, 2.45) is 0 Å². The van der Waals surface area contributed by atoms with Gasteiger partial charge in [0.25, 0.3) is 0 Å². The molecule has 1 heterocycles. The SMILES string of the molecule is O=C([O-])CCC(=O)Nc1ccc(OC[C@@H](O)Cn2cnc3ccccc32)cc1. The molecule has 0 spiro atoms. The first kappa shape index (κ1) is 19.4. The van der Waals surface area contributed by atoms with E-state index < -0.39 is 18.0 Å². The molecule has 0 saturated carbocycles. The topological polar surface area (TPSA) is 117 Å². The number of carboxylic acids is 1. The van der Waals surface area contributed by atoms with Crippen molar-refractivity contribution in [3.8, 4) is 5.75 Å². The largest absolute Gasteiger partial charge is 0.550 e. The van der Waals surface area contributed by atoms with Gasteiger partial charge in [-0.1, -0.05) is 12.1 Å². The summed E-state index contributed by atoms with van der Waals surface area (Å²) in [5, 5.41) is 23.2. The highest BCUT2D eigenvalue weighted by Gasteiger charge is 2.10. The van der Waals surface area contributed by atoms with Crippen LogP contribution in [0.5, 0.6) is 5.75 Å². The van der Waals surface area contributed by atoms with Gasteiger partial charge < -0.3 is 29.6 Å². The van der Waals surface area contributed by atoms with E-state index >= 15 is 0 Å². The lowest BCUT2D eigenvalue weighted by Gasteiger charge is -2.14. The first-order valence-corrected chi connectivity index (χ1v) is 8.82. The Bertz CT molecular complexity index is 952. The average molecular weight is 382 g/mol. The van der Waals surface area contributed by atoms with Gasteiger partial charge in [-0.25, -0.2) is 4.98 Å². The van der Waals surface area contributed by atoms with E-state index in [9.17, 15) is 19.8 Å². The number of hydrogen-bond donors (Lipinski definition) is 2. The van der Waals surface area contributed by atoms with Crippen molar-refractivity contribution in [1.29, 1.82) is 0 Å². The third-order valence-corrected chi connectivity index (χ3v) is 4.07. The zero-order chi connectivity index (χ0) is 19.9. The molecule has 1 atom stereocenters. The van der Waals surface area contributed by atoms with Gasteiger partial charge in [-0.05, 0) is 42.8 Å². The van der Waals surface area contributed by atoms with Crippen LogP contribution in [0.2, 0.25) is 0 Å². The van der Waals surface area contributed by atoms with Gasteiger partial charge in [-0.2, -0.15) is 0 Å². The molecule has 0 fully saturated rings. The Hall–Kier alpha value is -3.39. The first-order valence-electron chi connectivity index (χ1n) is 8.82. The smallest absolute Gasteiger partial charge is 0.224 e. The fourth-order valence-corrected chi connectivity index (χ4v) is 2.70. The normalized spacial score (nSPS) is 11.9. The van der Waals surface area contributed by atoms with Crippen LogP contribution in [0.15, 0.2) is 54.9 Å². The Morgan fingerprint density at radius 2 is 1.89 bits per heavy atom. The van der Waals surface area contributed by atoms with E-state index in [1.165, 1.54) is 0 Å². The van der Waals surface area contributed by atoms with Gasteiger partial charge >= 0.3 is 0 Å². The number of amides is 1. The lowest BCUT2D eigenvalue weighted by atomic mass is 10.2. The second-order valence-electron chi connectivity index (χ2n) is 6.30. The van der Waals surface area contributed by atoms with Gasteiger partial charge in [-0.15, -0.1) is 0 Å². The molecule has 3 aromatic rings. The van der Waals surface area contributed by atoms with Crippen molar-refractivity contribution in [3.63, 3.8) is 0 Å². The number of carbonyl (C=O) groups is 2. The summed E-state index contributed by atoms with van der Waals surface area (Å²) >= 11 is 0. The molecule has 8 nitrogen and oxygen atoms in total. The maximum atomic E-state index is 11.6. The van der Waals surface area contributed by atoms with Crippen LogP contribution in [-0.4, -0.2) is 39.2 Å². The Labute approximate surface area is 161 Å². The summed E-state index contributed by atoms with van der Waals surface area (Å²) in [6.45, 7) is 0.455. The van der Waals surface area contributed by atoms with E-state index in [1.807, 2.05) is 28.8 Å². The van der Waals surface area contributed by atoms with Crippen molar-refractivity contribution >= 4 is 28.6 Å². The van der Waals surface area contributed by atoms with E-state index in [4.69, 9.17) is 4.74 Å². The van der Waals surface area contributed by atoms with Crippen LogP contribution in [0.3, 0.4) is 0 Å².